The molecule has 0 spiro atoms. The van der Waals surface area contributed by atoms with E-state index in [0.717, 1.165) is 0 Å². The SMILES string of the molecule is CC(C(=O)O)C(=O)NCc1ccncn1. The second-order valence-electron chi connectivity index (χ2n) is 2.98. The van der Waals surface area contributed by atoms with Crippen LogP contribution in [0.25, 0.3) is 0 Å². The number of carbonyl (C=O) groups is 2. The van der Waals surface area contributed by atoms with Gasteiger partial charge in [0.05, 0.1) is 12.2 Å². The highest BCUT2D eigenvalue weighted by Crippen LogP contribution is 1.96. The van der Waals surface area contributed by atoms with E-state index >= 15 is 0 Å². The molecule has 6 nitrogen and oxygen atoms in total. The van der Waals surface area contributed by atoms with Crippen molar-refractivity contribution in [2.45, 2.75) is 13.5 Å². The molecule has 0 aliphatic rings. The second kappa shape index (κ2) is 5.04. The van der Waals surface area contributed by atoms with Crippen LogP contribution in [-0.2, 0) is 16.1 Å². The Kier molecular flexibility index (Phi) is 3.73. The standard InChI is InChI=1S/C9H11N3O3/c1-6(9(14)15)8(13)11-4-7-2-3-10-5-12-7/h2-3,5-6H,4H2,1H3,(H,11,13)(H,14,15). The molecule has 1 unspecified atom stereocenters. The summed E-state index contributed by atoms with van der Waals surface area (Å²) in [5, 5.41) is 11.0. The molecule has 1 heterocycles. The fourth-order valence-corrected chi connectivity index (χ4v) is 0.866. The smallest absolute Gasteiger partial charge is 0.315 e. The molecule has 1 aromatic rings. The molecule has 0 aliphatic carbocycles. The highest BCUT2D eigenvalue weighted by atomic mass is 16.4. The number of nitrogens with zero attached hydrogens (tertiary/aromatic N) is 2. The van der Waals surface area contributed by atoms with Gasteiger partial charge in [0.25, 0.3) is 0 Å². The summed E-state index contributed by atoms with van der Waals surface area (Å²) in [5.41, 5.74) is 0.635. The van der Waals surface area contributed by atoms with Crippen LogP contribution in [0.5, 0.6) is 0 Å². The lowest BCUT2D eigenvalue weighted by atomic mass is 10.2. The first-order valence-corrected chi connectivity index (χ1v) is 4.36. The largest absolute Gasteiger partial charge is 0.481 e. The Labute approximate surface area is 86.4 Å². The van der Waals surface area contributed by atoms with E-state index in [9.17, 15) is 9.59 Å². The van der Waals surface area contributed by atoms with E-state index in [4.69, 9.17) is 5.11 Å². The fraction of sp³-hybridized carbons (Fsp3) is 0.333. The Morgan fingerprint density at radius 1 is 1.60 bits per heavy atom. The lowest BCUT2D eigenvalue weighted by Crippen LogP contribution is -2.33. The molecule has 1 atom stereocenters. The van der Waals surface area contributed by atoms with Crippen molar-refractivity contribution < 1.29 is 14.7 Å². The Hall–Kier alpha value is -1.98. The van der Waals surface area contributed by atoms with Gasteiger partial charge in [-0.1, -0.05) is 0 Å². The summed E-state index contributed by atoms with van der Waals surface area (Å²) in [6, 6.07) is 1.64. The monoisotopic (exact) mass is 209 g/mol. The molecule has 1 rings (SSSR count). The Morgan fingerprint density at radius 3 is 2.87 bits per heavy atom. The molecule has 1 aromatic heterocycles. The van der Waals surface area contributed by atoms with Gasteiger partial charge in [-0.15, -0.1) is 0 Å². The van der Waals surface area contributed by atoms with Gasteiger partial charge in [-0.05, 0) is 13.0 Å². The van der Waals surface area contributed by atoms with Gasteiger partial charge < -0.3 is 10.4 Å². The molecule has 0 bridgehead atoms. The van der Waals surface area contributed by atoms with Crippen molar-refractivity contribution in [1.82, 2.24) is 15.3 Å². The van der Waals surface area contributed by atoms with E-state index in [2.05, 4.69) is 15.3 Å². The van der Waals surface area contributed by atoms with Gasteiger partial charge in [0.15, 0.2) is 0 Å². The highest BCUT2D eigenvalue weighted by Gasteiger charge is 2.19. The number of carboxylic acids is 1. The zero-order valence-electron chi connectivity index (χ0n) is 8.17. The number of amides is 1. The number of carbonyl (C=O) groups excluding carboxylic acids is 1. The molecule has 0 aliphatic heterocycles. The summed E-state index contributed by atoms with van der Waals surface area (Å²) in [5.74, 6) is -2.72. The number of nitrogens with one attached hydrogen (secondary N) is 1. The lowest BCUT2D eigenvalue weighted by molar-refractivity contribution is -0.146. The summed E-state index contributed by atoms with van der Waals surface area (Å²) in [4.78, 5) is 29.3. The predicted octanol–water partition coefficient (Wildman–Crippen LogP) is -0.187. The molecule has 6 heteroatoms. The van der Waals surface area contributed by atoms with Crippen molar-refractivity contribution in [1.29, 1.82) is 0 Å². The molecule has 80 valence electrons. The molecule has 0 aromatic carbocycles. The van der Waals surface area contributed by atoms with Gasteiger partial charge in [-0.2, -0.15) is 0 Å². The highest BCUT2D eigenvalue weighted by molar-refractivity contribution is 5.96. The molecule has 2 N–H and O–H groups in total. The van der Waals surface area contributed by atoms with Crippen LogP contribution in [0, 0.1) is 5.92 Å². The number of hydrogen-bond acceptors (Lipinski definition) is 4. The van der Waals surface area contributed by atoms with Crippen LogP contribution >= 0.6 is 0 Å². The normalized spacial score (nSPS) is 11.8. The van der Waals surface area contributed by atoms with Crippen LogP contribution < -0.4 is 5.32 Å². The van der Waals surface area contributed by atoms with Crippen molar-refractivity contribution in [3.8, 4) is 0 Å². The minimum atomic E-state index is -1.14. The number of aromatic nitrogens is 2. The average molecular weight is 209 g/mol. The van der Waals surface area contributed by atoms with E-state index in [1.807, 2.05) is 0 Å². The maximum atomic E-state index is 11.2. The van der Waals surface area contributed by atoms with E-state index in [-0.39, 0.29) is 6.54 Å². The summed E-state index contributed by atoms with van der Waals surface area (Å²) in [6.07, 6.45) is 2.91. The lowest BCUT2D eigenvalue weighted by Gasteiger charge is -2.07. The van der Waals surface area contributed by atoms with Crippen molar-refractivity contribution in [3.05, 3.63) is 24.3 Å². The van der Waals surface area contributed by atoms with Gasteiger partial charge in [0, 0.05) is 6.20 Å². The van der Waals surface area contributed by atoms with E-state index < -0.39 is 17.8 Å². The van der Waals surface area contributed by atoms with Crippen molar-refractivity contribution in [3.63, 3.8) is 0 Å². The average Bonchev–Trinajstić information content (AvgIpc) is 2.26. The van der Waals surface area contributed by atoms with E-state index in [1.54, 1.807) is 12.3 Å². The third-order valence-corrected chi connectivity index (χ3v) is 1.85. The minimum Gasteiger partial charge on any atom is -0.481 e. The van der Waals surface area contributed by atoms with Crippen LogP contribution in [0.2, 0.25) is 0 Å². The Bertz CT molecular complexity index is 353. The maximum Gasteiger partial charge on any atom is 0.315 e. The third kappa shape index (κ3) is 3.34. The molecule has 1 amide bonds. The maximum absolute atomic E-state index is 11.2. The van der Waals surface area contributed by atoms with Crippen LogP contribution in [0.1, 0.15) is 12.6 Å². The minimum absolute atomic E-state index is 0.207. The van der Waals surface area contributed by atoms with Crippen LogP contribution in [0.15, 0.2) is 18.6 Å². The fourth-order valence-electron chi connectivity index (χ4n) is 0.866. The van der Waals surface area contributed by atoms with Crippen molar-refractivity contribution in [2.24, 2.45) is 5.92 Å². The summed E-state index contributed by atoms with van der Waals surface area (Å²) in [6.45, 7) is 1.54. The molecule has 0 saturated carbocycles. The first-order valence-electron chi connectivity index (χ1n) is 4.36. The quantitative estimate of drug-likeness (QED) is 0.671. The van der Waals surface area contributed by atoms with Gasteiger partial charge in [-0.3, -0.25) is 9.59 Å². The zero-order chi connectivity index (χ0) is 11.3. The van der Waals surface area contributed by atoms with E-state index in [0.29, 0.717) is 5.69 Å². The molecular formula is C9H11N3O3. The third-order valence-electron chi connectivity index (χ3n) is 1.85. The van der Waals surface area contributed by atoms with Crippen LogP contribution in [0.4, 0.5) is 0 Å². The molecule has 0 fully saturated rings. The first-order chi connectivity index (χ1) is 7.11. The summed E-state index contributed by atoms with van der Waals surface area (Å²) in [7, 11) is 0. The van der Waals surface area contributed by atoms with Gasteiger partial charge in [-0.25, -0.2) is 9.97 Å². The number of rotatable bonds is 4. The topological polar surface area (TPSA) is 92.2 Å². The van der Waals surface area contributed by atoms with E-state index in [1.165, 1.54) is 13.3 Å². The predicted molar refractivity (Wildman–Crippen MR) is 50.7 cm³/mol. The van der Waals surface area contributed by atoms with Gasteiger partial charge >= 0.3 is 5.97 Å². The first kappa shape index (κ1) is 11.1. The Balaban J connectivity index is 2.44. The molecule has 0 saturated heterocycles. The van der Waals surface area contributed by atoms with Crippen LogP contribution in [0.3, 0.4) is 0 Å². The molecule has 15 heavy (non-hydrogen) atoms. The number of hydrogen-bond donors (Lipinski definition) is 2. The zero-order valence-corrected chi connectivity index (χ0v) is 8.17. The molecule has 0 radical (unpaired) electrons. The van der Waals surface area contributed by atoms with Crippen molar-refractivity contribution in [2.75, 3.05) is 0 Å². The second-order valence-corrected chi connectivity index (χ2v) is 2.98. The van der Waals surface area contributed by atoms with Gasteiger partial charge in [0.1, 0.15) is 12.2 Å². The van der Waals surface area contributed by atoms with Crippen LogP contribution in [-0.4, -0.2) is 27.0 Å². The molecular weight excluding hydrogens is 198 g/mol. The summed E-state index contributed by atoms with van der Waals surface area (Å²) < 4.78 is 0. The van der Waals surface area contributed by atoms with Crippen molar-refractivity contribution >= 4 is 11.9 Å². The summed E-state index contributed by atoms with van der Waals surface area (Å²) >= 11 is 0. The number of carboxylic acid groups (broad SMARTS) is 1. The van der Waals surface area contributed by atoms with Gasteiger partial charge in [0.2, 0.25) is 5.91 Å². The number of aliphatic carboxylic acids is 1. The Morgan fingerprint density at radius 2 is 2.33 bits per heavy atom.